The summed E-state index contributed by atoms with van der Waals surface area (Å²) < 4.78 is 10.4. The molecular formula is C11H8OS. The third-order valence-electron chi connectivity index (χ3n) is 2.00. The number of rotatable bonds is 1. The molecule has 2 heteroatoms. The first kappa shape index (κ1) is 8.20. The summed E-state index contributed by atoms with van der Waals surface area (Å²) in [5, 5.41) is 3.93. The van der Waals surface area contributed by atoms with Crippen molar-refractivity contribution < 1.29 is 4.21 Å². The van der Waals surface area contributed by atoms with Crippen molar-refractivity contribution in [2.75, 3.05) is 0 Å². The maximum Gasteiger partial charge on any atom is 0.0891 e. The van der Waals surface area contributed by atoms with Crippen LogP contribution in [-0.4, -0.2) is 9.58 Å². The third-order valence-corrected chi connectivity index (χ3v) is 2.35. The molecule has 13 heavy (non-hydrogen) atoms. The Bertz CT molecular complexity index is 479. The van der Waals surface area contributed by atoms with Crippen LogP contribution in [0.5, 0.6) is 0 Å². The maximum atomic E-state index is 10.4. The molecular weight excluding hydrogens is 180 g/mol. The molecule has 0 atom stereocenters. The van der Waals surface area contributed by atoms with Crippen molar-refractivity contribution in [1.82, 2.24) is 0 Å². The van der Waals surface area contributed by atoms with Gasteiger partial charge in [-0.2, -0.15) is 0 Å². The van der Waals surface area contributed by atoms with E-state index in [4.69, 9.17) is 0 Å². The van der Waals surface area contributed by atoms with Crippen molar-refractivity contribution in [3.8, 4) is 0 Å². The maximum absolute atomic E-state index is 10.4. The molecule has 0 aliphatic carbocycles. The van der Waals surface area contributed by atoms with E-state index in [0.717, 1.165) is 10.9 Å². The van der Waals surface area contributed by atoms with E-state index in [1.807, 2.05) is 42.5 Å². The summed E-state index contributed by atoms with van der Waals surface area (Å²) in [5.74, 6) is 0. The zero-order valence-electron chi connectivity index (χ0n) is 6.94. The van der Waals surface area contributed by atoms with E-state index in [1.165, 1.54) is 5.39 Å². The van der Waals surface area contributed by atoms with Gasteiger partial charge in [-0.15, -0.1) is 0 Å². The molecule has 0 N–H and O–H groups in total. The highest BCUT2D eigenvalue weighted by Gasteiger charge is 1.95. The molecule has 0 bridgehead atoms. The minimum absolute atomic E-state index is 0.495. The van der Waals surface area contributed by atoms with E-state index in [0.29, 0.717) is 11.3 Å². The van der Waals surface area contributed by atoms with Gasteiger partial charge in [-0.1, -0.05) is 42.5 Å². The number of hydrogen-bond acceptors (Lipinski definition) is 1. The van der Waals surface area contributed by atoms with Crippen LogP contribution in [0.25, 0.3) is 10.8 Å². The van der Waals surface area contributed by atoms with Gasteiger partial charge in [0.05, 0.1) is 11.3 Å². The van der Waals surface area contributed by atoms with Gasteiger partial charge in [0, 0.05) is 5.37 Å². The van der Waals surface area contributed by atoms with Crippen molar-refractivity contribution in [2.45, 2.75) is 0 Å². The monoisotopic (exact) mass is 188 g/mol. The van der Waals surface area contributed by atoms with Crippen LogP contribution in [0, 0.1) is 0 Å². The number of fused-ring (bicyclic) bond motifs is 1. The summed E-state index contributed by atoms with van der Waals surface area (Å²) >= 11 is 0.495. The Kier molecular flexibility index (Phi) is 2.23. The summed E-state index contributed by atoms with van der Waals surface area (Å²) in [6.07, 6.45) is 0. The summed E-state index contributed by atoms with van der Waals surface area (Å²) in [6, 6.07) is 14.0. The van der Waals surface area contributed by atoms with E-state index in [9.17, 15) is 4.21 Å². The van der Waals surface area contributed by atoms with Crippen LogP contribution in [0.4, 0.5) is 0 Å². The Morgan fingerprint density at radius 3 is 2.62 bits per heavy atom. The van der Waals surface area contributed by atoms with Gasteiger partial charge < -0.3 is 0 Å². The van der Waals surface area contributed by atoms with Gasteiger partial charge in [0.1, 0.15) is 0 Å². The van der Waals surface area contributed by atoms with Gasteiger partial charge in [0.15, 0.2) is 0 Å². The van der Waals surface area contributed by atoms with Gasteiger partial charge in [-0.25, -0.2) is 4.21 Å². The highest BCUT2D eigenvalue weighted by molar-refractivity contribution is 7.65. The average molecular weight is 188 g/mol. The van der Waals surface area contributed by atoms with Crippen molar-refractivity contribution in [3.05, 3.63) is 48.0 Å². The second-order valence-corrected chi connectivity index (χ2v) is 3.21. The Balaban J connectivity index is 2.82. The second kappa shape index (κ2) is 3.54. The number of hydrogen-bond donors (Lipinski definition) is 0. The van der Waals surface area contributed by atoms with Crippen LogP contribution in [0.2, 0.25) is 0 Å². The van der Waals surface area contributed by atoms with Crippen LogP contribution in [0.1, 0.15) is 5.56 Å². The third kappa shape index (κ3) is 1.53. The topological polar surface area (TPSA) is 17.1 Å². The summed E-state index contributed by atoms with van der Waals surface area (Å²) in [4.78, 5) is 0. The fourth-order valence-corrected chi connectivity index (χ4v) is 1.71. The Morgan fingerprint density at radius 1 is 1.00 bits per heavy atom. The second-order valence-electron chi connectivity index (χ2n) is 2.78. The molecule has 2 aromatic carbocycles. The average Bonchev–Trinajstić information content (AvgIpc) is 2.19. The quantitative estimate of drug-likeness (QED) is 0.627. The SMILES string of the molecule is O=S=Cc1cccc2ccccc12. The lowest BCUT2D eigenvalue weighted by Gasteiger charge is -1.99. The van der Waals surface area contributed by atoms with E-state index >= 15 is 0 Å². The molecule has 64 valence electrons. The van der Waals surface area contributed by atoms with E-state index in [-0.39, 0.29) is 0 Å². The van der Waals surface area contributed by atoms with Crippen molar-refractivity contribution in [3.63, 3.8) is 0 Å². The van der Waals surface area contributed by atoms with Crippen LogP contribution in [0.3, 0.4) is 0 Å². The highest BCUT2D eigenvalue weighted by Crippen LogP contribution is 2.16. The summed E-state index contributed by atoms with van der Waals surface area (Å²) in [5.41, 5.74) is 0.998. The van der Waals surface area contributed by atoms with E-state index in [1.54, 1.807) is 5.37 Å². The van der Waals surface area contributed by atoms with Gasteiger partial charge in [0.2, 0.25) is 0 Å². The zero-order chi connectivity index (χ0) is 9.10. The molecule has 0 spiro atoms. The van der Waals surface area contributed by atoms with Gasteiger partial charge in [0.25, 0.3) is 0 Å². The Hall–Kier alpha value is -1.41. The van der Waals surface area contributed by atoms with E-state index < -0.39 is 0 Å². The van der Waals surface area contributed by atoms with Crippen LogP contribution >= 0.6 is 0 Å². The Morgan fingerprint density at radius 2 is 1.77 bits per heavy atom. The molecule has 0 amide bonds. The predicted octanol–water partition coefficient (Wildman–Crippen LogP) is 2.20. The molecule has 0 aliphatic rings. The minimum atomic E-state index is 0.495. The minimum Gasteiger partial charge on any atom is -0.212 e. The molecule has 0 saturated carbocycles. The molecule has 0 fully saturated rings. The van der Waals surface area contributed by atoms with Crippen molar-refractivity contribution >= 4 is 27.4 Å². The smallest absolute Gasteiger partial charge is 0.0891 e. The highest BCUT2D eigenvalue weighted by atomic mass is 32.1. The lowest BCUT2D eigenvalue weighted by atomic mass is 10.1. The van der Waals surface area contributed by atoms with Crippen molar-refractivity contribution in [2.24, 2.45) is 0 Å². The van der Waals surface area contributed by atoms with Crippen molar-refractivity contribution in [1.29, 1.82) is 0 Å². The molecule has 2 aromatic rings. The van der Waals surface area contributed by atoms with E-state index in [2.05, 4.69) is 0 Å². The molecule has 0 radical (unpaired) electrons. The van der Waals surface area contributed by atoms with Crippen LogP contribution in [-0.2, 0) is 11.3 Å². The molecule has 0 aliphatic heterocycles. The fourth-order valence-electron chi connectivity index (χ4n) is 1.41. The standard InChI is InChI=1S/C11H8OS/c12-13-8-10-6-3-5-9-4-1-2-7-11(9)10/h1-8H. The van der Waals surface area contributed by atoms with Crippen LogP contribution in [0.15, 0.2) is 42.5 Å². The zero-order valence-corrected chi connectivity index (χ0v) is 7.75. The summed E-state index contributed by atoms with van der Waals surface area (Å²) in [7, 11) is 0. The Labute approximate surface area is 80.1 Å². The first-order valence-electron chi connectivity index (χ1n) is 4.01. The molecule has 0 saturated heterocycles. The normalized spacial score (nSPS) is 9.85. The van der Waals surface area contributed by atoms with Crippen LogP contribution < -0.4 is 0 Å². The molecule has 0 unspecified atom stereocenters. The summed E-state index contributed by atoms with van der Waals surface area (Å²) in [6.45, 7) is 0. The largest absolute Gasteiger partial charge is 0.212 e. The lowest BCUT2D eigenvalue weighted by Crippen LogP contribution is -1.82. The fraction of sp³-hybridized carbons (Fsp3) is 0. The molecule has 0 aromatic heterocycles. The molecule has 0 heterocycles. The number of benzene rings is 2. The van der Waals surface area contributed by atoms with Gasteiger partial charge in [-0.05, 0) is 16.3 Å². The van der Waals surface area contributed by atoms with Gasteiger partial charge in [-0.3, -0.25) is 0 Å². The van der Waals surface area contributed by atoms with Gasteiger partial charge >= 0.3 is 0 Å². The first-order chi connectivity index (χ1) is 6.42. The molecule has 1 nitrogen and oxygen atoms in total. The molecule has 2 rings (SSSR count). The first-order valence-corrected chi connectivity index (χ1v) is 4.82. The predicted molar refractivity (Wildman–Crippen MR) is 57.3 cm³/mol. The lowest BCUT2D eigenvalue weighted by molar-refractivity contribution is 0.701.